The maximum absolute atomic E-state index is 12.0. The van der Waals surface area contributed by atoms with Gasteiger partial charge in [-0.2, -0.15) is 0 Å². The van der Waals surface area contributed by atoms with Crippen LogP contribution in [0.4, 0.5) is 0 Å². The van der Waals surface area contributed by atoms with E-state index in [1.807, 2.05) is 51.2 Å². The fraction of sp³-hybridized carbons (Fsp3) is 0.500. The highest BCUT2D eigenvalue weighted by Gasteiger charge is 2.22. The molecule has 94 valence electrons. The van der Waals surface area contributed by atoms with E-state index < -0.39 is 0 Å². The Morgan fingerprint density at radius 1 is 1.29 bits per heavy atom. The first kappa shape index (κ1) is 13.7. The Morgan fingerprint density at radius 2 is 1.88 bits per heavy atom. The lowest BCUT2D eigenvalue weighted by atomic mass is 9.89. The van der Waals surface area contributed by atoms with Crippen molar-refractivity contribution in [1.29, 1.82) is 0 Å². The highest BCUT2D eigenvalue weighted by Crippen LogP contribution is 2.19. The normalized spacial score (nSPS) is 11.3. The summed E-state index contributed by atoms with van der Waals surface area (Å²) in [6, 6.07) is 9.99. The van der Waals surface area contributed by atoms with Crippen molar-refractivity contribution in [3.63, 3.8) is 0 Å². The highest BCUT2D eigenvalue weighted by atomic mass is 16.2. The van der Waals surface area contributed by atoms with Crippen LogP contribution in [0.5, 0.6) is 0 Å². The van der Waals surface area contributed by atoms with Crippen molar-refractivity contribution in [1.82, 2.24) is 4.90 Å². The standard InChI is InChI=1S/C14H22N2O/c1-14(2,11-15)9-13(17)16(3)10-12-7-5-4-6-8-12/h4-8H,9-11,15H2,1-3H3. The average molecular weight is 234 g/mol. The molecular weight excluding hydrogens is 212 g/mol. The zero-order valence-corrected chi connectivity index (χ0v) is 10.9. The smallest absolute Gasteiger partial charge is 0.223 e. The number of hydrogen-bond donors (Lipinski definition) is 1. The Morgan fingerprint density at radius 3 is 2.41 bits per heavy atom. The first-order valence-electron chi connectivity index (χ1n) is 5.92. The molecule has 3 heteroatoms. The topological polar surface area (TPSA) is 46.3 Å². The molecule has 0 aliphatic carbocycles. The molecule has 1 aromatic carbocycles. The summed E-state index contributed by atoms with van der Waals surface area (Å²) in [5, 5.41) is 0. The second-order valence-electron chi connectivity index (χ2n) is 5.28. The van der Waals surface area contributed by atoms with Gasteiger partial charge in [0.25, 0.3) is 0 Å². The third-order valence-corrected chi connectivity index (χ3v) is 2.87. The molecule has 2 N–H and O–H groups in total. The minimum Gasteiger partial charge on any atom is -0.341 e. The highest BCUT2D eigenvalue weighted by molar-refractivity contribution is 5.76. The van der Waals surface area contributed by atoms with Gasteiger partial charge in [-0.3, -0.25) is 4.79 Å². The SMILES string of the molecule is CN(Cc1ccccc1)C(=O)CC(C)(C)CN. The molecule has 0 spiro atoms. The maximum atomic E-state index is 12.0. The van der Waals surface area contributed by atoms with Gasteiger partial charge >= 0.3 is 0 Å². The molecule has 3 nitrogen and oxygen atoms in total. The van der Waals surface area contributed by atoms with Crippen molar-refractivity contribution in [2.24, 2.45) is 11.1 Å². The zero-order valence-electron chi connectivity index (χ0n) is 10.9. The largest absolute Gasteiger partial charge is 0.341 e. The molecule has 0 heterocycles. The van der Waals surface area contributed by atoms with Crippen LogP contribution in [0.15, 0.2) is 30.3 Å². The summed E-state index contributed by atoms with van der Waals surface area (Å²) in [5.41, 5.74) is 6.66. The van der Waals surface area contributed by atoms with Crippen LogP contribution in [0.1, 0.15) is 25.8 Å². The first-order chi connectivity index (χ1) is 7.94. The Hall–Kier alpha value is -1.35. The van der Waals surface area contributed by atoms with Crippen LogP contribution in [0.25, 0.3) is 0 Å². The van der Waals surface area contributed by atoms with Gasteiger partial charge in [-0.1, -0.05) is 44.2 Å². The lowest BCUT2D eigenvalue weighted by Gasteiger charge is -2.25. The molecule has 0 bridgehead atoms. The van der Waals surface area contributed by atoms with Gasteiger partial charge in [-0.15, -0.1) is 0 Å². The monoisotopic (exact) mass is 234 g/mol. The van der Waals surface area contributed by atoms with Gasteiger partial charge in [-0.25, -0.2) is 0 Å². The summed E-state index contributed by atoms with van der Waals surface area (Å²) in [5.74, 6) is 0.143. The number of benzene rings is 1. The lowest BCUT2D eigenvalue weighted by molar-refractivity contribution is -0.132. The molecule has 0 aliphatic rings. The molecular formula is C14H22N2O. The Bertz CT molecular complexity index is 360. The number of amides is 1. The fourth-order valence-electron chi connectivity index (χ4n) is 1.56. The maximum Gasteiger partial charge on any atom is 0.223 e. The molecule has 0 aliphatic heterocycles. The Balaban J connectivity index is 2.54. The van der Waals surface area contributed by atoms with Gasteiger partial charge in [0, 0.05) is 20.0 Å². The summed E-state index contributed by atoms with van der Waals surface area (Å²) in [6.07, 6.45) is 0.493. The van der Waals surface area contributed by atoms with E-state index in [4.69, 9.17) is 5.73 Å². The van der Waals surface area contributed by atoms with Crippen molar-refractivity contribution < 1.29 is 4.79 Å². The van der Waals surface area contributed by atoms with E-state index in [0.29, 0.717) is 19.5 Å². The number of carbonyl (C=O) groups excluding carboxylic acids is 1. The van der Waals surface area contributed by atoms with E-state index in [-0.39, 0.29) is 11.3 Å². The predicted octanol–water partition coefficient (Wildman–Crippen LogP) is 2.02. The molecule has 0 aromatic heterocycles. The molecule has 0 saturated heterocycles. The fourth-order valence-corrected chi connectivity index (χ4v) is 1.56. The molecule has 1 amide bonds. The predicted molar refractivity (Wildman–Crippen MR) is 70.4 cm³/mol. The first-order valence-corrected chi connectivity index (χ1v) is 5.92. The third-order valence-electron chi connectivity index (χ3n) is 2.87. The molecule has 1 rings (SSSR count). The molecule has 17 heavy (non-hydrogen) atoms. The van der Waals surface area contributed by atoms with E-state index in [9.17, 15) is 4.79 Å². The molecule has 0 saturated carbocycles. The summed E-state index contributed by atoms with van der Waals surface area (Å²) in [4.78, 5) is 13.7. The van der Waals surface area contributed by atoms with Crippen molar-refractivity contribution in [2.75, 3.05) is 13.6 Å². The van der Waals surface area contributed by atoms with Crippen molar-refractivity contribution in [2.45, 2.75) is 26.8 Å². The van der Waals surface area contributed by atoms with Crippen molar-refractivity contribution in [3.05, 3.63) is 35.9 Å². The average Bonchev–Trinajstić information content (AvgIpc) is 2.30. The quantitative estimate of drug-likeness (QED) is 0.847. The van der Waals surface area contributed by atoms with Crippen LogP contribution < -0.4 is 5.73 Å². The van der Waals surface area contributed by atoms with E-state index in [1.54, 1.807) is 4.90 Å². The number of carbonyl (C=O) groups is 1. The Labute approximate surface area is 104 Å². The van der Waals surface area contributed by atoms with Crippen LogP contribution >= 0.6 is 0 Å². The summed E-state index contributed by atoms with van der Waals surface area (Å²) < 4.78 is 0. The van der Waals surface area contributed by atoms with Crippen molar-refractivity contribution in [3.8, 4) is 0 Å². The van der Waals surface area contributed by atoms with Gasteiger partial charge in [0.05, 0.1) is 0 Å². The van der Waals surface area contributed by atoms with E-state index in [0.717, 1.165) is 5.56 Å². The van der Waals surface area contributed by atoms with Gasteiger partial charge in [0.2, 0.25) is 5.91 Å². The van der Waals surface area contributed by atoms with Crippen LogP contribution in [0.3, 0.4) is 0 Å². The van der Waals surface area contributed by atoms with E-state index in [1.165, 1.54) is 0 Å². The van der Waals surface area contributed by atoms with Crippen LogP contribution in [-0.2, 0) is 11.3 Å². The van der Waals surface area contributed by atoms with Crippen molar-refractivity contribution >= 4 is 5.91 Å². The molecule has 1 aromatic rings. The summed E-state index contributed by atoms with van der Waals surface area (Å²) in [6.45, 7) is 5.21. The van der Waals surface area contributed by atoms with Crippen LogP contribution in [0.2, 0.25) is 0 Å². The lowest BCUT2D eigenvalue weighted by Crippen LogP contribution is -2.34. The third kappa shape index (κ3) is 4.57. The summed E-state index contributed by atoms with van der Waals surface area (Å²) in [7, 11) is 1.84. The molecule has 0 unspecified atom stereocenters. The number of rotatable bonds is 5. The van der Waals surface area contributed by atoms with Gasteiger partial charge in [0.15, 0.2) is 0 Å². The number of hydrogen-bond acceptors (Lipinski definition) is 2. The second-order valence-corrected chi connectivity index (χ2v) is 5.28. The van der Waals surface area contributed by atoms with Gasteiger partial charge in [-0.05, 0) is 17.5 Å². The van der Waals surface area contributed by atoms with E-state index >= 15 is 0 Å². The van der Waals surface area contributed by atoms with Gasteiger partial charge < -0.3 is 10.6 Å². The van der Waals surface area contributed by atoms with Crippen LogP contribution in [-0.4, -0.2) is 24.4 Å². The summed E-state index contributed by atoms with van der Waals surface area (Å²) >= 11 is 0. The molecule has 0 radical (unpaired) electrons. The minimum atomic E-state index is -0.123. The zero-order chi connectivity index (χ0) is 12.9. The Kier molecular flexibility index (Phi) is 4.70. The van der Waals surface area contributed by atoms with Crippen LogP contribution in [0, 0.1) is 5.41 Å². The molecule has 0 fully saturated rings. The van der Waals surface area contributed by atoms with E-state index in [2.05, 4.69) is 0 Å². The molecule has 0 atom stereocenters. The van der Waals surface area contributed by atoms with Gasteiger partial charge in [0.1, 0.15) is 0 Å². The number of nitrogens with two attached hydrogens (primary N) is 1. The minimum absolute atomic E-state index is 0.123. The number of nitrogens with zero attached hydrogens (tertiary/aromatic N) is 1. The second kappa shape index (κ2) is 5.82.